The molecule has 0 radical (unpaired) electrons. The van der Waals surface area contributed by atoms with Crippen LogP contribution in [0.4, 0.5) is 0 Å². The zero-order chi connectivity index (χ0) is 18.0. The molecule has 0 fully saturated rings. The highest BCUT2D eigenvalue weighted by Gasteiger charge is 2.21. The van der Waals surface area contributed by atoms with Crippen molar-refractivity contribution in [3.05, 3.63) is 67.7 Å². The molecule has 1 aromatic carbocycles. The smallest absolute Gasteiger partial charge is 0.336 e. The Hall–Kier alpha value is -1.95. The van der Waals surface area contributed by atoms with Gasteiger partial charge >= 0.3 is 5.63 Å². The molecule has 4 nitrogen and oxygen atoms in total. The molecule has 2 aromatic heterocycles. The van der Waals surface area contributed by atoms with Crippen LogP contribution in [0.2, 0.25) is 0 Å². The third-order valence-corrected chi connectivity index (χ3v) is 5.78. The first-order valence-electron chi connectivity index (χ1n) is 8.65. The molecule has 0 saturated carbocycles. The number of fused-ring (bicyclic) bond motifs is 1. The lowest BCUT2D eigenvalue weighted by Gasteiger charge is -2.19. The second-order valence-electron chi connectivity index (χ2n) is 6.90. The summed E-state index contributed by atoms with van der Waals surface area (Å²) in [6.45, 7) is 5.89. The Morgan fingerprint density at radius 3 is 2.64 bits per heavy atom. The second kappa shape index (κ2) is 7.52. The first-order valence-corrected chi connectivity index (χ1v) is 9.52. The van der Waals surface area contributed by atoms with Gasteiger partial charge in [-0.05, 0) is 48.6 Å². The summed E-state index contributed by atoms with van der Waals surface area (Å²) in [6.07, 6.45) is 0. The molecule has 0 aliphatic carbocycles. The molecule has 0 amide bonds. The van der Waals surface area contributed by atoms with Crippen molar-refractivity contribution in [2.75, 3.05) is 20.6 Å². The molecule has 0 bridgehead atoms. The number of benzene rings is 1. The van der Waals surface area contributed by atoms with Crippen LogP contribution in [0.3, 0.4) is 0 Å². The molecule has 2 heterocycles. The highest BCUT2D eigenvalue weighted by atomic mass is 32.1. The second-order valence-corrected chi connectivity index (χ2v) is 7.88. The minimum Gasteiger partial charge on any atom is -0.423 e. The number of aryl methyl sites for hydroxylation is 2. The van der Waals surface area contributed by atoms with Crippen molar-refractivity contribution < 1.29 is 14.6 Å². The summed E-state index contributed by atoms with van der Waals surface area (Å²) >= 11 is 1.81. The number of nitrogens with two attached hydrogens (primary N) is 1. The van der Waals surface area contributed by atoms with E-state index < -0.39 is 0 Å². The fourth-order valence-corrected chi connectivity index (χ4v) is 4.15. The third kappa shape index (κ3) is 4.00. The highest BCUT2D eigenvalue weighted by Crippen LogP contribution is 2.21. The van der Waals surface area contributed by atoms with E-state index in [1.165, 1.54) is 15.3 Å². The maximum absolute atomic E-state index is 11.9. The Morgan fingerprint density at radius 2 is 1.96 bits per heavy atom. The summed E-state index contributed by atoms with van der Waals surface area (Å²) in [4.78, 5) is 14.7. The minimum atomic E-state index is -0.271. The van der Waals surface area contributed by atoms with Gasteiger partial charge in [-0.25, -0.2) is 4.79 Å². The van der Waals surface area contributed by atoms with Crippen molar-refractivity contribution in [1.29, 1.82) is 0 Å². The largest absolute Gasteiger partial charge is 0.423 e. The summed E-state index contributed by atoms with van der Waals surface area (Å²) in [5.74, 6) is 0. The van der Waals surface area contributed by atoms with Crippen molar-refractivity contribution in [2.24, 2.45) is 0 Å². The van der Waals surface area contributed by atoms with Gasteiger partial charge < -0.3 is 14.6 Å². The summed E-state index contributed by atoms with van der Waals surface area (Å²) in [5.41, 5.74) is 3.83. The molecule has 5 heteroatoms. The number of likely N-dealkylation sites (N-methyl/N-ethyl adjacent to an activating group) is 1. The quantitative estimate of drug-likeness (QED) is 0.655. The van der Waals surface area contributed by atoms with Crippen LogP contribution in [0, 0.1) is 13.8 Å². The number of quaternary nitrogens is 2. The molecule has 0 aliphatic heterocycles. The number of hydrogen-bond acceptors (Lipinski definition) is 3. The van der Waals surface area contributed by atoms with E-state index in [4.69, 9.17) is 4.42 Å². The fourth-order valence-electron chi connectivity index (χ4n) is 3.18. The molecule has 0 spiro atoms. The average molecular weight is 359 g/mol. The van der Waals surface area contributed by atoms with Crippen LogP contribution in [0.25, 0.3) is 11.0 Å². The van der Waals surface area contributed by atoms with Crippen molar-refractivity contribution >= 4 is 22.3 Å². The molecule has 3 rings (SSSR count). The summed E-state index contributed by atoms with van der Waals surface area (Å²) < 4.78 is 5.39. The molecule has 1 atom stereocenters. The third-order valence-electron chi connectivity index (χ3n) is 4.79. The summed E-state index contributed by atoms with van der Waals surface area (Å²) in [7, 11) is 4.38. The van der Waals surface area contributed by atoms with Crippen LogP contribution in [-0.2, 0) is 6.54 Å². The van der Waals surface area contributed by atoms with Gasteiger partial charge in [0.2, 0.25) is 0 Å². The normalized spacial score (nSPS) is 12.8. The molecule has 0 aliphatic rings. The number of rotatable bonds is 6. The number of thiophene rings is 1. The molecule has 3 aromatic rings. The number of hydrogen-bond donors (Lipinski definition) is 2. The van der Waals surface area contributed by atoms with Gasteiger partial charge in [0.1, 0.15) is 18.7 Å². The first kappa shape index (κ1) is 17.9. The van der Waals surface area contributed by atoms with Gasteiger partial charge in [-0.1, -0.05) is 6.07 Å². The Balaban J connectivity index is 1.81. The van der Waals surface area contributed by atoms with E-state index in [1.807, 2.05) is 24.3 Å². The standard InChI is InChI=1S/C20H24N2O2S/c1-13-8-16-15(10-20(23)24-18(16)9-14(13)2)11-21-12-17(22(3)4)19-6-5-7-25-19/h5-10,17,21H,11-12H2,1-4H3/p+2/t17-/m0/s1. The zero-order valence-electron chi connectivity index (χ0n) is 15.3. The van der Waals surface area contributed by atoms with Gasteiger partial charge in [-0.3, -0.25) is 0 Å². The molecule has 132 valence electrons. The molecular formula is C20H26N2O2S+2. The topological polar surface area (TPSA) is 51.3 Å². The number of nitrogens with one attached hydrogen (secondary N) is 1. The fraction of sp³-hybridized carbons (Fsp3) is 0.350. The van der Waals surface area contributed by atoms with Crippen LogP contribution in [0.5, 0.6) is 0 Å². The highest BCUT2D eigenvalue weighted by molar-refractivity contribution is 7.10. The molecule has 3 N–H and O–H groups in total. The Bertz CT molecular complexity index is 913. The summed E-state index contributed by atoms with van der Waals surface area (Å²) in [6, 6.07) is 10.5. The van der Waals surface area contributed by atoms with E-state index in [0.717, 1.165) is 29.6 Å². The van der Waals surface area contributed by atoms with Gasteiger partial charge in [-0.15, -0.1) is 11.3 Å². The Kier molecular flexibility index (Phi) is 5.37. The predicted octanol–water partition coefficient (Wildman–Crippen LogP) is 1.42. The van der Waals surface area contributed by atoms with Crippen LogP contribution >= 0.6 is 11.3 Å². The van der Waals surface area contributed by atoms with Crippen molar-refractivity contribution in [1.82, 2.24) is 0 Å². The van der Waals surface area contributed by atoms with Crippen LogP contribution in [0.1, 0.15) is 27.6 Å². The van der Waals surface area contributed by atoms with Crippen LogP contribution in [-0.4, -0.2) is 20.6 Å². The van der Waals surface area contributed by atoms with Gasteiger partial charge in [0, 0.05) is 17.0 Å². The zero-order valence-corrected chi connectivity index (χ0v) is 16.1. The minimum absolute atomic E-state index is 0.271. The van der Waals surface area contributed by atoms with Crippen molar-refractivity contribution in [3.8, 4) is 0 Å². The van der Waals surface area contributed by atoms with Gasteiger partial charge in [0.25, 0.3) is 0 Å². The Morgan fingerprint density at radius 1 is 1.20 bits per heavy atom. The van der Waals surface area contributed by atoms with Gasteiger partial charge in [0.05, 0.1) is 19.0 Å². The molecule has 0 saturated heterocycles. The van der Waals surface area contributed by atoms with Gasteiger partial charge in [0.15, 0.2) is 6.04 Å². The van der Waals surface area contributed by atoms with E-state index >= 15 is 0 Å². The van der Waals surface area contributed by atoms with Crippen molar-refractivity contribution in [2.45, 2.75) is 26.4 Å². The predicted molar refractivity (Wildman–Crippen MR) is 102 cm³/mol. The summed E-state index contributed by atoms with van der Waals surface area (Å²) in [5, 5.41) is 5.47. The lowest BCUT2D eigenvalue weighted by atomic mass is 10.0. The van der Waals surface area contributed by atoms with E-state index in [1.54, 1.807) is 6.07 Å². The average Bonchev–Trinajstić information content (AvgIpc) is 3.06. The van der Waals surface area contributed by atoms with Crippen LogP contribution in [0.15, 0.2) is 44.9 Å². The lowest BCUT2D eigenvalue weighted by molar-refractivity contribution is -0.910. The maximum Gasteiger partial charge on any atom is 0.336 e. The van der Waals surface area contributed by atoms with Gasteiger partial charge in [-0.2, -0.15) is 0 Å². The Labute approximate surface area is 152 Å². The van der Waals surface area contributed by atoms with E-state index in [-0.39, 0.29) is 5.63 Å². The van der Waals surface area contributed by atoms with E-state index in [9.17, 15) is 4.79 Å². The molecular weight excluding hydrogens is 332 g/mol. The first-order chi connectivity index (χ1) is 12.0. The van der Waals surface area contributed by atoms with E-state index in [2.05, 4.69) is 49.9 Å². The van der Waals surface area contributed by atoms with Crippen LogP contribution < -0.4 is 15.8 Å². The lowest BCUT2D eigenvalue weighted by Crippen LogP contribution is -3.09. The monoisotopic (exact) mass is 358 g/mol. The van der Waals surface area contributed by atoms with E-state index in [0.29, 0.717) is 11.6 Å². The SMILES string of the molecule is Cc1cc2oc(=O)cc(C[NH2+]C[C@@H](c3cccs3)[NH+](C)C)c2cc1C. The van der Waals surface area contributed by atoms with Crippen molar-refractivity contribution in [3.63, 3.8) is 0 Å². The molecule has 0 unspecified atom stereocenters. The molecule has 25 heavy (non-hydrogen) atoms. The maximum atomic E-state index is 11.9.